The molecule has 0 aliphatic heterocycles. The first-order valence-electron chi connectivity index (χ1n) is 3.31. The van der Waals surface area contributed by atoms with E-state index in [0.29, 0.717) is 13.2 Å². The first kappa shape index (κ1) is 10.7. The second-order valence-electron chi connectivity index (χ2n) is 1.82. The molecule has 0 aliphatic carbocycles. The zero-order valence-corrected chi connectivity index (χ0v) is 6.53. The van der Waals surface area contributed by atoms with Crippen molar-refractivity contribution in [1.29, 1.82) is 0 Å². The summed E-state index contributed by atoms with van der Waals surface area (Å²) >= 11 is 0. The van der Waals surface area contributed by atoms with Crippen LogP contribution in [0.2, 0.25) is 0 Å². The first-order valence-corrected chi connectivity index (χ1v) is 3.31. The molecule has 6 nitrogen and oxygen atoms in total. The van der Waals surface area contributed by atoms with E-state index in [1.807, 2.05) is 0 Å². The predicted octanol–water partition coefficient (Wildman–Crippen LogP) is -0.961. The Hall–Kier alpha value is -1.27. The average Bonchev–Trinajstić information content (AvgIpc) is 2.02. The van der Waals surface area contributed by atoms with Gasteiger partial charge in [0.2, 0.25) is 0 Å². The van der Waals surface area contributed by atoms with Crippen molar-refractivity contribution >= 4 is 5.97 Å². The van der Waals surface area contributed by atoms with E-state index in [0.717, 1.165) is 0 Å². The van der Waals surface area contributed by atoms with Crippen molar-refractivity contribution in [2.75, 3.05) is 19.8 Å². The number of carboxylic acids is 1. The van der Waals surface area contributed by atoms with E-state index >= 15 is 0 Å². The van der Waals surface area contributed by atoms with Gasteiger partial charge < -0.3 is 20.0 Å². The lowest BCUT2D eigenvalue weighted by atomic mass is 10.6. The van der Waals surface area contributed by atoms with Crippen LogP contribution in [0.25, 0.3) is 0 Å². The van der Waals surface area contributed by atoms with Crippen LogP contribution in [0.15, 0.2) is 12.5 Å². The van der Waals surface area contributed by atoms with E-state index in [4.69, 9.17) is 15.7 Å². The van der Waals surface area contributed by atoms with Gasteiger partial charge in [-0.2, -0.15) is 0 Å². The number of aliphatic carboxylic acids is 1. The van der Waals surface area contributed by atoms with Crippen LogP contribution in [0.1, 0.15) is 0 Å². The minimum Gasteiger partial charge on any atom is -0.497 e. The third-order valence-corrected chi connectivity index (χ3v) is 0.854. The van der Waals surface area contributed by atoms with Gasteiger partial charge in [0, 0.05) is 6.20 Å². The maximum absolute atomic E-state index is 9.96. The number of carboxylic acid groups (broad SMARTS) is 1. The summed E-state index contributed by atoms with van der Waals surface area (Å²) in [4.78, 5) is 14.2. The Morgan fingerprint density at radius 1 is 1.58 bits per heavy atom. The van der Waals surface area contributed by atoms with Crippen molar-refractivity contribution in [1.82, 2.24) is 5.32 Å². The number of nitrogens with two attached hydrogens (primary N) is 1. The largest absolute Gasteiger partial charge is 0.497 e. The standard InChI is InChI=1S/C6H12N2O4/c7-12-4-3-11-2-1-8-5-6(9)10/h1-2,8H,3-5,7H2,(H,9,10). The summed E-state index contributed by atoms with van der Waals surface area (Å²) < 4.78 is 4.81. The van der Waals surface area contributed by atoms with Gasteiger partial charge in [0.1, 0.15) is 19.8 Å². The number of nitrogens with one attached hydrogen (secondary N) is 1. The molecule has 0 amide bonds. The highest BCUT2D eigenvalue weighted by Gasteiger charge is 1.89. The summed E-state index contributed by atoms with van der Waals surface area (Å²) in [6, 6.07) is 0. The van der Waals surface area contributed by atoms with Crippen LogP contribution in [-0.4, -0.2) is 30.8 Å². The molecule has 0 atom stereocenters. The lowest BCUT2D eigenvalue weighted by Gasteiger charge is -1.98. The highest BCUT2D eigenvalue weighted by Crippen LogP contribution is 1.75. The molecule has 0 rings (SSSR count). The van der Waals surface area contributed by atoms with Crippen molar-refractivity contribution < 1.29 is 19.5 Å². The van der Waals surface area contributed by atoms with Crippen molar-refractivity contribution in [2.24, 2.45) is 5.90 Å². The van der Waals surface area contributed by atoms with E-state index < -0.39 is 5.97 Å². The fourth-order valence-corrected chi connectivity index (χ4v) is 0.407. The van der Waals surface area contributed by atoms with Crippen molar-refractivity contribution in [3.05, 3.63) is 12.5 Å². The Bertz CT molecular complexity index is 148. The van der Waals surface area contributed by atoms with E-state index in [1.54, 1.807) is 0 Å². The summed E-state index contributed by atoms with van der Waals surface area (Å²) in [7, 11) is 0. The van der Waals surface area contributed by atoms with Gasteiger partial charge in [-0.15, -0.1) is 0 Å². The van der Waals surface area contributed by atoms with Gasteiger partial charge in [-0.3, -0.25) is 4.79 Å². The maximum atomic E-state index is 9.96. The van der Waals surface area contributed by atoms with Gasteiger partial charge in [-0.25, -0.2) is 5.90 Å². The fourth-order valence-electron chi connectivity index (χ4n) is 0.407. The fraction of sp³-hybridized carbons (Fsp3) is 0.500. The summed E-state index contributed by atoms with van der Waals surface area (Å²) in [6.07, 6.45) is 2.73. The number of carbonyl (C=O) groups is 1. The lowest BCUT2D eigenvalue weighted by Crippen LogP contribution is -2.16. The number of rotatable bonds is 7. The minimum absolute atomic E-state index is 0.132. The first-order chi connectivity index (χ1) is 5.77. The Morgan fingerprint density at radius 3 is 2.92 bits per heavy atom. The van der Waals surface area contributed by atoms with E-state index in [1.165, 1.54) is 12.5 Å². The Morgan fingerprint density at radius 2 is 2.33 bits per heavy atom. The van der Waals surface area contributed by atoms with Crippen LogP contribution in [0.3, 0.4) is 0 Å². The highest BCUT2D eigenvalue weighted by atomic mass is 16.6. The van der Waals surface area contributed by atoms with Crippen LogP contribution in [0.4, 0.5) is 0 Å². The molecule has 0 bridgehead atoms. The summed E-state index contributed by atoms with van der Waals surface area (Å²) in [5.41, 5.74) is 0. The van der Waals surface area contributed by atoms with Crippen molar-refractivity contribution in [2.45, 2.75) is 0 Å². The number of ether oxygens (including phenoxy) is 1. The molecule has 0 saturated carbocycles. The molecule has 0 aromatic heterocycles. The number of hydrogen-bond donors (Lipinski definition) is 3. The Kier molecular flexibility index (Phi) is 7.00. The van der Waals surface area contributed by atoms with Crippen LogP contribution >= 0.6 is 0 Å². The zero-order valence-electron chi connectivity index (χ0n) is 6.53. The quantitative estimate of drug-likeness (QED) is 0.263. The van der Waals surface area contributed by atoms with E-state index in [-0.39, 0.29) is 6.54 Å². The minimum atomic E-state index is -0.926. The normalized spacial score (nSPS) is 10.1. The average molecular weight is 176 g/mol. The number of hydrogen-bond acceptors (Lipinski definition) is 5. The topological polar surface area (TPSA) is 93.8 Å². The van der Waals surface area contributed by atoms with Crippen LogP contribution in [0.5, 0.6) is 0 Å². The molecule has 0 spiro atoms. The van der Waals surface area contributed by atoms with Crippen LogP contribution in [-0.2, 0) is 14.4 Å². The maximum Gasteiger partial charge on any atom is 0.322 e. The molecule has 12 heavy (non-hydrogen) atoms. The lowest BCUT2D eigenvalue weighted by molar-refractivity contribution is -0.135. The molecular weight excluding hydrogens is 164 g/mol. The van der Waals surface area contributed by atoms with E-state index in [2.05, 4.69) is 10.2 Å². The van der Waals surface area contributed by atoms with Crippen molar-refractivity contribution in [3.8, 4) is 0 Å². The third-order valence-electron chi connectivity index (χ3n) is 0.854. The molecule has 4 N–H and O–H groups in total. The molecule has 0 radical (unpaired) electrons. The van der Waals surface area contributed by atoms with Gasteiger partial charge in [0.25, 0.3) is 0 Å². The molecule has 70 valence electrons. The van der Waals surface area contributed by atoms with Gasteiger partial charge in [-0.1, -0.05) is 0 Å². The van der Waals surface area contributed by atoms with Crippen LogP contribution in [0, 0.1) is 0 Å². The molecule has 0 aromatic carbocycles. The van der Waals surface area contributed by atoms with Gasteiger partial charge in [0.05, 0.1) is 6.26 Å². The second-order valence-corrected chi connectivity index (χ2v) is 1.82. The molecule has 6 heteroatoms. The smallest absolute Gasteiger partial charge is 0.322 e. The Balaban J connectivity index is 3.09. The second kappa shape index (κ2) is 7.83. The van der Waals surface area contributed by atoms with Gasteiger partial charge in [0.15, 0.2) is 0 Å². The van der Waals surface area contributed by atoms with Crippen molar-refractivity contribution in [3.63, 3.8) is 0 Å². The molecule has 0 heterocycles. The van der Waals surface area contributed by atoms with Gasteiger partial charge >= 0.3 is 5.97 Å². The molecular formula is C6H12N2O4. The van der Waals surface area contributed by atoms with Crippen LogP contribution < -0.4 is 11.2 Å². The summed E-state index contributed by atoms with van der Waals surface area (Å²) in [5.74, 6) is 3.79. The molecule has 0 saturated heterocycles. The van der Waals surface area contributed by atoms with E-state index in [9.17, 15) is 4.79 Å². The monoisotopic (exact) mass is 176 g/mol. The third kappa shape index (κ3) is 8.73. The highest BCUT2D eigenvalue weighted by molar-refractivity contribution is 5.69. The SMILES string of the molecule is NOCCOC=CNCC(=O)O. The Labute approximate surface area is 69.9 Å². The molecule has 0 fully saturated rings. The summed E-state index contributed by atoms with van der Waals surface area (Å²) in [6.45, 7) is 0.498. The zero-order chi connectivity index (χ0) is 9.23. The molecule has 0 aliphatic rings. The predicted molar refractivity (Wildman–Crippen MR) is 40.9 cm³/mol. The molecule has 0 aromatic rings. The molecule has 0 unspecified atom stereocenters. The van der Waals surface area contributed by atoms with Gasteiger partial charge in [-0.05, 0) is 0 Å². The summed E-state index contributed by atoms with van der Waals surface area (Å²) in [5, 5.41) is 10.7.